The van der Waals surface area contributed by atoms with Crippen LogP contribution < -0.4 is 15.4 Å². The molecule has 2 rings (SSSR count). The van der Waals surface area contributed by atoms with Crippen LogP contribution in [0.3, 0.4) is 0 Å². The maximum absolute atomic E-state index is 12.0. The molecule has 0 radical (unpaired) electrons. The number of hydrogen-bond donors (Lipinski definition) is 3. The lowest BCUT2D eigenvalue weighted by atomic mass is 9.86. The average molecular weight is 363 g/mol. The highest BCUT2D eigenvalue weighted by molar-refractivity contribution is 7.99. The molecule has 0 bridgehead atoms. The lowest BCUT2D eigenvalue weighted by Crippen LogP contribution is -2.45. The van der Waals surface area contributed by atoms with Gasteiger partial charge in [0.1, 0.15) is 0 Å². The molecule has 1 aliphatic carbocycles. The number of aliphatic imine (C=N–C) groups is 1. The summed E-state index contributed by atoms with van der Waals surface area (Å²) < 4.78 is 26.7. The fourth-order valence-electron chi connectivity index (χ4n) is 2.66. The van der Waals surface area contributed by atoms with Gasteiger partial charge in [0, 0.05) is 24.9 Å². The van der Waals surface area contributed by atoms with Crippen LogP contribution in [0.2, 0.25) is 0 Å². The van der Waals surface area contributed by atoms with Gasteiger partial charge >= 0.3 is 0 Å². The van der Waals surface area contributed by atoms with E-state index >= 15 is 0 Å². The summed E-state index contributed by atoms with van der Waals surface area (Å²) >= 11 is 1.96. The molecule has 1 heterocycles. The molecule has 2 aliphatic rings. The summed E-state index contributed by atoms with van der Waals surface area (Å²) in [5, 5.41) is 6.61. The Labute approximate surface area is 144 Å². The monoisotopic (exact) mass is 362 g/mol. The van der Waals surface area contributed by atoms with Crippen molar-refractivity contribution < 1.29 is 8.42 Å². The minimum atomic E-state index is -3.21. The third-order valence-electron chi connectivity index (χ3n) is 4.29. The van der Waals surface area contributed by atoms with Gasteiger partial charge in [-0.2, -0.15) is 11.8 Å². The van der Waals surface area contributed by atoms with Gasteiger partial charge in [0.15, 0.2) is 5.96 Å². The fourth-order valence-corrected chi connectivity index (χ4v) is 4.70. The lowest BCUT2D eigenvalue weighted by Gasteiger charge is -2.25. The zero-order chi connectivity index (χ0) is 16.5. The van der Waals surface area contributed by atoms with Crippen molar-refractivity contribution in [2.24, 2.45) is 10.9 Å². The molecular weight excluding hydrogens is 332 g/mol. The van der Waals surface area contributed by atoms with Crippen molar-refractivity contribution in [3.63, 3.8) is 0 Å². The van der Waals surface area contributed by atoms with E-state index in [9.17, 15) is 8.42 Å². The number of rotatable bonds is 8. The van der Waals surface area contributed by atoms with Gasteiger partial charge in [0.05, 0.1) is 12.3 Å². The number of sulfonamides is 1. The molecule has 6 nitrogen and oxygen atoms in total. The van der Waals surface area contributed by atoms with Crippen LogP contribution in [0, 0.1) is 5.92 Å². The van der Waals surface area contributed by atoms with E-state index in [2.05, 4.69) is 20.3 Å². The molecule has 1 atom stereocenters. The van der Waals surface area contributed by atoms with Crippen molar-refractivity contribution in [2.45, 2.75) is 45.1 Å². The highest BCUT2D eigenvalue weighted by Crippen LogP contribution is 2.25. The number of nitrogens with zero attached hydrogens (tertiary/aromatic N) is 1. The largest absolute Gasteiger partial charge is 0.357 e. The topological polar surface area (TPSA) is 82.6 Å². The van der Waals surface area contributed by atoms with Crippen LogP contribution in [0.4, 0.5) is 0 Å². The first-order valence-corrected chi connectivity index (χ1v) is 11.5. The first-order chi connectivity index (χ1) is 11.1. The Bertz CT molecular complexity index is 472. The van der Waals surface area contributed by atoms with Crippen LogP contribution in [0.5, 0.6) is 0 Å². The number of thioether (sulfide) groups is 1. The highest BCUT2D eigenvalue weighted by atomic mass is 32.2. The van der Waals surface area contributed by atoms with E-state index in [0.29, 0.717) is 18.5 Å². The summed E-state index contributed by atoms with van der Waals surface area (Å²) in [5.41, 5.74) is 0. The van der Waals surface area contributed by atoms with Crippen LogP contribution in [-0.2, 0) is 10.0 Å². The summed E-state index contributed by atoms with van der Waals surface area (Å²) in [6, 6.07) is 0.430. The predicted molar refractivity (Wildman–Crippen MR) is 98.6 cm³/mol. The second-order valence-electron chi connectivity index (χ2n) is 6.28. The zero-order valence-electron chi connectivity index (χ0n) is 14.0. The summed E-state index contributed by atoms with van der Waals surface area (Å²) in [6.45, 7) is 3.67. The summed E-state index contributed by atoms with van der Waals surface area (Å²) in [4.78, 5) is 4.42. The fraction of sp³-hybridized carbons (Fsp3) is 0.933. The van der Waals surface area contributed by atoms with E-state index in [4.69, 9.17) is 0 Å². The minimum absolute atomic E-state index is 0.0513. The van der Waals surface area contributed by atoms with Crippen LogP contribution in [0.25, 0.3) is 0 Å². The van der Waals surface area contributed by atoms with Gasteiger partial charge in [-0.05, 0) is 44.3 Å². The maximum Gasteiger partial charge on any atom is 0.213 e. The molecule has 1 saturated carbocycles. The van der Waals surface area contributed by atoms with E-state index in [1.165, 1.54) is 18.6 Å². The first-order valence-electron chi connectivity index (χ1n) is 8.69. The van der Waals surface area contributed by atoms with Gasteiger partial charge in [-0.15, -0.1) is 0 Å². The van der Waals surface area contributed by atoms with Crippen LogP contribution >= 0.6 is 11.8 Å². The molecule has 3 N–H and O–H groups in total. The van der Waals surface area contributed by atoms with Gasteiger partial charge in [0.25, 0.3) is 0 Å². The summed E-state index contributed by atoms with van der Waals surface area (Å²) in [5.74, 6) is 3.64. The van der Waals surface area contributed by atoms with Crippen molar-refractivity contribution in [2.75, 3.05) is 36.9 Å². The van der Waals surface area contributed by atoms with Crippen molar-refractivity contribution in [1.29, 1.82) is 0 Å². The van der Waals surface area contributed by atoms with Crippen molar-refractivity contribution >= 4 is 27.7 Å². The first kappa shape index (κ1) is 18.9. The molecule has 23 heavy (non-hydrogen) atoms. The maximum atomic E-state index is 12.0. The SMILES string of the molecule is CCNC(=NCCS(=O)(=O)NCC1CCC1)NC1CCCSC1. The molecule has 1 unspecified atom stereocenters. The van der Waals surface area contributed by atoms with Crippen LogP contribution in [0.1, 0.15) is 39.0 Å². The minimum Gasteiger partial charge on any atom is -0.357 e. The third-order valence-corrected chi connectivity index (χ3v) is 6.83. The second kappa shape index (κ2) is 9.74. The summed E-state index contributed by atoms with van der Waals surface area (Å²) in [6.07, 6.45) is 5.90. The van der Waals surface area contributed by atoms with Gasteiger partial charge < -0.3 is 10.6 Å². The zero-order valence-corrected chi connectivity index (χ0v) is 15.6. The molecular formula is C15H30N4O2S2. The average Bonchev–Trinajstić information content (AvgIpc) is 2.46. The lowest BCUT2D eigenvalue weighted by molar-refractivity contribution is 0.316. The standard InChI is InChI=1S/C15H30N4O2S2/c1-2-16-15(19-14-7-4-9-22-12-14)17-8-10-23(20,21)18-11-13-5-3-6-13/h13-14,18H,2-12H2,1H3,(H2,16,17,19). The predicted octanol–water partition coefficient (Wildman–Crippen LogP) is 1.16. The van der Waals surface area contributed by atoms with Crippen LogP contribution in [-0.4, -0.2) is 57.3 Å². The molecule has 0 aromatic carbocycles. The molecule has 1 aliphatic heterocycles. The molecule has 0 amide bonds. The second-order valence-corrected chi connectivity index (χ2v) is 9.36. The van der Waals surface area contributed by atoms with Crippen molar-refractivity contribution in [3.05, 3.63) is 0 Å². The molecule has 134 valence electrons. The Morgan fingerprint density at radius 3 is 2.70 bits per heavy atom. The van der Waals surface area contributed by atoms with E-state index in [1.54, 1.807) is 0 Å². The van der Waals surface area contributed by atoms with Crippen molar-refractivity contribution in [1.82, 2.24) is 15.4 Å². The van der Waals surface area contributed by atoms with E-state index in [0.717, 1.165) is 37.5 Å². The van der Waals surface area contributed by atoms with Gasteiger partial charge in [0.2, 0.25) is 10.0 Å². The number of hydrogen-bond acceptors (Lipinski definition) is 4. The smallest absolute Gasteiger partial charge is 0.213 e. The quantitative estimate of drug-likeness (QED) is 0.446. The number of guanidine groups is 1. The Hall–Kier alpha value is -0.470. The highest BCUT2D eigenvalue weighted by Gasteiger charge is 2.20. The van der Waals surface area contributed by atoms with Gasteiger partial charge in [-0.25, -0.2) is 13.1 Å². The normalized spacial score (nSPS) is 23.3. The molecule has 0 aromatic heterocycles. The van der Waals surface area contributed by atoms with Gasteiger partial charge in [-0.1, -0.05) is 6.42 Å². The molecule has 2 fully saturated rings. The Morgan fingerprint density at radius 2 is 2.09 bits per heavy atom. The third kappa shape index (κ3) is 7.30. The molecule has 8 heteroatoms. The van der Waals surface area contributed by atoms with Crippen molar-refractivity contribution in [3.8, 4) is 0 Å². The Morgan fingerprint density at radius 1 is 1.26 bits per heavy atom. The van der Waals surface area contributed by atoms with Crippen LogP contribution in [0.15, 0.2) is 4.99 Å². The number of nitrogens with one attached hydrogen (secondary N) is 3. The van der Waals surface area contributed by atoms with Gasteiger partial charge in [-0.3, -0.25) is 4.99 Å². The van der Waals surface area contributed by atoms with E-state index in [-0.39, 0.29) is 12.3 Å². The molecule has 0 aromatic rings. The van der Waals surface area contributed by atoms with E-state index in [1.807, 2.05) is 18.7 Å². The Kier molecular flexibility index (Phi) is 7.98. The van der Waals surface area contributed by atoms with E-state index < -0.39 is 10.0 Å². The summed E-state index contributed by atoms with van der Waals surface area (Å²) in [7, 11) is -3.21. The Balaban J connectivity index is 1.74. The molecule has 1 saturated heterocycles. The molecule has 0 spiro atoms.